The molecule has 2 heterocycles. The molecule has 0 spiro atoms. The first kappa shape index (κ1) is 17.9. The van der Waals surface area contributed by atoms with Crippen molar-refractivity contribution in [1.29, 1.82) is 0 Å². The smallest absolute Gasteiger partial charge is 0.349 e. The van der Waals surface area contributed by atoms with Crippen LogP contribution in [-0.4, -0.2) is 21.8 Å². The van der Waals surface area contributed by atoms with Crippen molar-refractivity contribution in [2.75, 3.05) is 5.32 Å². The molecule has 0 radical (unpaired) electrons. The summed E-state index contributed by atoms with van der Waals surface area (Å²) < 4.78 is 5.13. The number of benzene rings is 1. The fourth-order valence-corrected chi connectivity index (χ4v) is 3.42. The van der Waals surface area contributed by atoms with Gasteiger partial charge < -0.3 is 9.73 Å². The number of Topliss-reactive ketones (excluding diaryl/α,β-unsaturated/α-hetero) is 1. The molecule has 1 aromatic carbocycles. The molecule has 0 saturated heterocycles. The molecule has 0 aliphatic carbocycles. The Balaban J connectivity index is 1.76. The maximum atomic E-state index is 12.3. The van der Waals surface area contributed by atoms with E-state index in [1.165, 1.54) is 13.0 Å². The number of hydrogen-bond acceptors (Lipinski definition) is 7. The zero-order valence-corrected chi connectivity index (χ0v) is 15.4. The SMILES string of the molecule is CC(=O)c1sc(NC(=S)NC(=O)c2cc3ccccc3oc2=O)nc1C. The average Bonchev–Trinajstić information content (AvgIpc) is 2.94. The third-order valence-corrected chi connectivity index (χ3v) is 4.83. The molecule has 26 heavy (non-hydrogen) atoms. The number of thiocarbonyl (C=S) groups is 1. The van der Waals surface area contributed by atoms with Crippen LogP contribution in [0.3, 0.4) is 0 Å². The van der Waals surface area contributed by atoms with Gasteiger partial charge in [0.05, 0.1) is 10.6 Å². The zero-order valence-electron chi connectivity index (χ0n) is 13.8. The largest absolute Gasteiger partial charge is 0.422 e. The minimum absolute atomic E-state index is 0.0357. The summed E-state index contributed by atoms with van der Waals surface area (Å²) in [6.45, 7) is 3.16. The van der Waals surface area contributed by atoms with Crippen LogP contribution in [0.25, 0.3) is 11.0 Å². The number of aromatic nitrogens is 1. The Morgan fingerprint density at radius 2 is 2.00 bits per heavy atom. The molecule has 0 aliphatic rings. The summed E-state index contributed by atoms with van der Waals surface area (Å²) in [6.07, 6.45) is 0. The van der Waals surface area contributed by atoms with E-state index in [-0.39, 0.29) is 16.5 Å². The van der Waals surface area contributed by atoms with Gasteiger partial charge in [-0.05, 0) is 31.3 Å². The second-order valence-electron chi connectivity index (χ2n) is 5.38. The number of hydrogen-bond donors (Lipinski definition) is 2. The Bertz CT molecular complexity index is 1100. The van der Waals surface area contributed by atoms with Crippen LogP contribution in [0.5, 0.6) is 0 Å². The first-order valence-corrected chi connectivity index (χ1v) is 8.71. The van der Waals surface area contributed by atoms with Crippen molar-refractivity contribution >= 4 is 56.5 Å². The highest BCUT2D eigenvalue weighted by molar-refractivity contribution is 7.80. The van der Waals surface area contributed by atoms with Gasteiger partial charge in [-0.2, -0.15) is 0 Å². The van der Waals surface area contributed by atoms with Gasteiger partial charge in [0.15, 0.2) is 16.0 Å². The monoisotopic (exact) mass is 387 g/mol. The third-order valence-electron chi connectivity index (χ3n) is 3.45. The Morgan fingerprint density at radius 3 is 2.69 bits per heavy atom. The Labute approximate surface area is 157 Å². The molecule has 0 unspecified atom stereocenters. The first-order chi connectivity index (χ1) is 12.3. The fourth-order valence-electron chi connectivity index (χ4n) is 2.30. The van der Waals surface area contributed by atoms with E-state index in [1.54, 1.807) is 31.2 Å². The summed E-state index contributed by atoms with van der Waals surface area (Å²) in [5.41, 5.74) is 0.0552. The Kier molecular flexibility index (Phi) is 4.92. The lowest BCUT2D eigenvalue weighted by Crippen LogP contribution is -2.36. The van der Waals surface area contributed by atoms with Crippen molar-refractivity contribution in [2.45, 2.75) is 13.8 Å². The standard InChI is InChI=1S/C17H13N3O4S2/c1-8-13(9(2)21)26-17(18-8)20-16(25)19-14(22)11-7-10-5-3-4-6-12(10)24-15(11)23/h3-7H,1-2H3,(H2,18,19,20,22,25). The molecule has 0 atom stereocenters. The van der Waals surface area contributed by atoms with Crippen molar-refractivity contribution in [2.24, 2.45) is 0 Å². The Morgan fingerprint density at radius 1 is 1.27 bits per heavy atom. The second-order valence-corrected chi connectivity index (χ2v) is 6.79. The van der Waals surface area contributed by atoms with E-state index in [2.05, 4.69) is 15.6 Å². The van der Waals surface area contributed by atoms with Gasteiger partial charge in [-0.25, -0.2) is 9.78 Å². The molecule has 3 aromatic rings. The number of amides is 1. The maximum absolute atomic E-state index is 12.3. The van der Waals surface area contributed by atoms with E-state index in [9.17, 15) is 14.4 Å². The van der Waals surface area contributed by atoms with Gasteiger partial charge in [-0.1, -0.05) is 29.5 Å². The summed E-state index contributed by atoms with van der Waals surface area (Å²) in [6, 6.07) is 8.32. The number of thiazole rings is 1. The number of anilines is 1. The zero-order chi connectivity index (χ0) is 18.8. The van der Waals surface area contributed by atoms with E-state index in [0.29, 0.717) is 26.7 Å². The molecular weight excluding hydrogens is 374 g/mol. The van der Waals surface area contributed by atoms with E-state index in [4.69, 9.17) is 16.6 Å². The van der Waals surface area contributed by atoms with Crippen LogP contribution in [0.15, 0.2) is 39.5 Å². The van der Waals surface area contributed by atoms with Crippen LogP contribution in [-0.2, 0) is 0 Å². The van der Waals surface area contributed by atoms with Crippen molar-refractivity contribution in [3.8, 4) is 0 Å². The van der Waals surface area contributed by atoms with Crippen molar-refractivity contribution in [1.82, 2.24) is 10.3 Å². The lowest BCUT2D eigenvalue weighted by Gasteiger charge is -2.07. The number of nitrogens with zero attached hydrogens (tertiary/aromatic N) is 1. The molecule has 0 saturated carbocycles. The molecule has 9 heteroatoms. The lowest BCUT2D eigenvalue weighted by molar-refractivity contribution is 0.0972. The Hall–Kier alpha value is -2.91. The molecule has 0 aliphatic heterocycles. The minimum Gasteiger partial charge on any atom is -0.422 e. The maximum Gasteiger partial charge on any atom is 0.349 e. The molecule has 2 aromatic heterocycles. The number of aryl methyl sites for hydroxylation is 1. The fraction of sp³-hybridized carbons (Fsp3) is 0.118. The molecule has 7 nitrogen and oxygen atoms in total. The molecule has 2 N–H and O–H groups in total. The van der Waals surface area contributed by atoms with E-state index >= 15 is 0 Å². The van der Waals surface area contributed by atoms with E-state index in [1.807, 2.05) is 0 Å². The van der Waals surface area contributed by atoms with Gasteiger partial charge in [-0.3, -0.25) is 14.9 Å². The number of ketones is 1. The third kappa shape index (κ3) is 3.68. The molecule has 0 bridgehead atoms. The highest BCUT2D eigenvalue weighted by Gasteiger charge is 2.17. The average molecular weight is 387 g/mol. The van der Waals surface area contributed by atoms with Gasteiger partial charge in [-0.15, -0.1) is 0 Å². The van der Waals surface area contributed by atoms with E-state index in [0.717, 1.165) is 11.3 Å². The number of rotatable bonds is 3. The van der Waals surface area contributed by atoms with Crippen LogP contribution in [0, 0.1) is 6.92 Å². The van der Waals surface area contributed by atoms with Crippen LogP contribution >= 0.6 is 23.6 Å². The van der Waals surface area contributed by atoms with Gasteiger partial charge in [0.1, 0.15) is 11.1 Å². The number of carbonyl (C=O) groups is 2. The predicted octanol–water partition coefficient (Wildman–Crippen LogP) is 2.89. The lowest BCUT2D eigenvalue weighted by atomic mass is 10.2. The number of carbonyl (C=O) groups excluding carboxylic acids is 2. The summed E-state index contributed by atoms with van der Waals surface area (Å²) in [4.78, 5) is 40.5. The highest BCUT2D eigenvalue weighted by Crippen LogP contribution is 2.22. The van der Waals surface area contributed by atoms with Crippen molar-refractivity contribution in [3.63, 3.8) is 0 Å². The quantitative estimate of drug-likeness (QED) is 0.405. The molecule has 132 valence electrons. The van der Waals surface area contributed by atoms with Crippen LogP contribution in [0.4, 0.5) is 5.13 Å². The minimum atomic E-state index is -0.757. The summed E-state index contributed by atoms with van der Waals surface area (Å²) in [5, 5.41) is 6.11. The van der Waals surface area contributed by atoms with Gasteiger partial charge >= 0.3 is 5.63 Å². The normalized spacial score (nSPS) is 10.5. The highest BCUT2D eigenvalue weighted by atomic mass is 32.1. The second kappa shape index (κ2) is 7.14. The molecule has 1 amide bonds. The molecule has 3 rings (SSSR count). The van der Waals surface area contributed by atoms with Crippen molar-refractivity contribution in [3.05, 3.63) is 56.9 Å². The van der Waals surface area contributed by atoms with Crippen LogP contribution < -0.4 is 16.3 Å². The van der Waals surface area contributed by atoms with Gasteiger partial charge in [0, 0.05) is 12.3 Å². The summed E-state index contributed by atoms with van der Waals surface area (Å²) in [7, 11) is 0. The molecular formula is C17H13N3O4S2. The summed E-state index contributed by atoms with van der Waals surface area (Å²) in [5.74, 6) is -0.793. The predicted molar refractivity (Wildman–Crippen MR) is 103 cm³/mol. The van der Waals surface area contributed by atoms with Crippen molar-refractivity contribution < 1.29 is 14.0 Å². The van der Waals surface area contributed by atoms with Crippen LogP contribution in [0.2, 0.25) is 0 Å². The molecule has 0 fully saturated rings. The summed E-state index contributed by atoms with van der Waals surface area (Å²) >= 11 is 6.21. The number of para-hydroxylation sites is 1. The first-order valence-electron chi connectivity index (χ1n) is 7.48. The van der Waals surface area contributed by atoms with Crippen LogP contribution in [0.1, 0.15) is 32.6 Å². The van der Waals surface area contributed by atoms with Gasteiger partial charge in [0.25, 0.3) is 5.91 Å². The van der Waals surface area contributed by atoms with E-state index < -0.39 is 11.5 Å². The topological polar surface area (TPSA) is 101 Å². The van der Waals surface area contributed by atoms with Gasteiger partial charge in [0.2, 0.25) is 0 Å². The number of nitrogens with one attached hydrogen (secondary N) is 2. The number of fused-ring (bicyclic) bond motifs is 1.